The normalized spacial score (nSPS) is 13.1. The Balaban J connectivity index is 2.59. The summed E-state index contributed by atoms with van der Waals surface area (Å²) in [6, 6.07) is 4.28. The van der Waals surface area contributed by atoms with Crippen LogP contribution in [0, 0.1) is 26.7 Å². The number of hydrogen-bond acceptors (Lipinski definition) is 2. The fourth-order valence-electron chi connectivity index (χ4n) is 2.45. The van der Waals surface area contributed by atoms with Crippen molar-refractivity contribution < 1.29 is 5.11 Å². The van der Waals surface area contributed by atoms with E-state index >= 15 is 0 Å². The van der Waals surface area contributed by atoms with E-state index in [1.54, 1.807) is 0 Å². The van der Waals surface area contributed by atoms with E-state index in [0.717, 1.165) is 18.5 Å². The van der Waals surface area contributed by atoms with Gasteiger partial charge in [-0.2, -0.15) is 0 Å². The Bertz CT molecular complexity index is 362. The fraction of sp³-hybridized carbons (Fsp3) is 0.625. The molecule has 0 aliphatic heterocycles. The average Bonchev–Trinajstić information content (AvgIpc) is 2.22. The highest BCUT2D eigenvalue weighted by Gasteiger charge is 2.13. The molecule has 18 heavy (non-hydrogen) atoms. The minimum Gasteiger partial charge on any atom is -0.387 e. The first kappa shape index (κ1) is 15.2. The van der Waals surface area contributed by atoms with Crippen LogP contribution in [-0.2, 0) is 0 Å². The molecule has 0 fully saturated rings. The highest BCUT2D eigenvalue weighted by atomic mass is 16.3. The first-order valence-electron chi connectivity index (χ1n) is 6.88. The van der Waals surface area contributed by atoms with Gasteiger partial charge in [-0.05, 0) is 56.3 Å². The summed E-state index contributed by atoms with van der Waals surface area (Å²) in [4.78, 5) is 0. The van der Waals surface area contributed by atoms with Crippen LogP contribution in [0.2, 0.25) is 0 Å². The van der Waals surface area contributed by atoms with Gasteiger partial charge in [0.15, 0.2) is 0 Å². The predicted molar refractivity (Wildman–Crippen MR) is 77.9 cm³/mol. The Kier molecular flexibility index (Phi) is 5.83. The maximum atomic E-state index is 10.3. The molecule has 0 saturated heterocycles. The van der Waals surface area contributed by atoms with E-state index in [2.05, 4.69) is 52.1 Å². The highest BCUT2D eigenvalue weighted by Crippen LogP contribution is 2.23. The van der Waals surface area contributed by atoms with Crippen LogP contribution in [-0.4, -0.2) is 18.2 Å². The number of hydrogen-bond donors (Lipinski definition) is 2. The SMILES string of the molecule is Cc1cc(C)c(C(O)CNCCC(C)C)c(C)c1. The zero-order valence-corrected chi connectivity index (χ0v) is 12.4. The molecule has 0 heterocycles. The topological polar surface area (TPSA) is 32.3 Å². The van der Waals surface area contributed by atoms with Crippen molar-refractivity contribution in [1.29, 1.82) is 0 Å². The number of nitrogens with one attached hydrogen (secondary N) is 1. The summed E-state index contributed by atoms with van der Waals surface area (Å²) >= 11 is 0. The molecule has 1 aromatic carbocycles. The van der Waals surface area contributed by atoms with Gasteiger partial charge in [0.2, 0.25) is 0 Å². The van der Waals surface area contributed by atoms with Gasteiger partial charge in [0, 0.05) is 6.54 Å². The van der Waals surface area contributed by atoms with Crippen LogP contribution in [0.25, 0.3) is 0 Å². The van der Waals surface area contributed by atoms with Gasteiger partial charge in [-0.15, -0.1) is 0 Å². The summed E-state index contributed by atoms with van der Waals surface area (Å²) in [6.45, 7) is 12.3. The number of aliphatic hydroxyl groups is 1. The molecule has 1 atom stereocenters. The van der Waals surface area contributed by atoms with Gasteiger partial charge in [-0.3, -0.25) is 0 Å². The Morgan fingerprint density at radius 1 is 1.11 bits per heavy atom. The minimum atomic E-state index is -0.405. The third kappa shape index (κ3) is 4.43. The van der Waals surface area contributed by atoms with Gasteiger partial charge in [-0.25, -0.2) is 0 Å². The second-order valence-corrected chi connectivity index (χ2v) is 5.71. The zero-order chi connectivity index (χ0) is 13.7. The van der Waals surface area contributed by atoms with Gasteiger partial charge < -0.3 is 10.4 Å². The minimum absolute atomic E-state index is 0.405. The van der Waals surface area contributed by atoms with Crippen molar-refractivity contribution >= 4 is 0 Å². The molecular formula is C16H27NO. The van der Waals surface area contributed by atoms with Crippen LogP contribution in [0.4, 0.5) is 0 Å². The Labute approximate surface area is 111 Å². The lowest BCUT2D eigenvalue weighted by molar-refractivity contribution is 0.173. The van der Waals surface area contributed by atoms with Crippen LogP contribution >= 0.6 is 0 Å². The smallest absolute Gasteiger partial charge is 0.0919 e. The maximum absolute atomic E-state index is 10.3. The number of benzene rings is 1. The van der Waals surface area contributed by atoms with Crippen LogP contribution < -0.4 is 5.32 Å². The molecule has 102 valence electrons. The Hall–Kier alpha value is -0.860. The maximum Gasteiger partial charge on any atom is 0.0919 e. The summed E-state index contributed by atoms with van der Waals surface area (Å²) < 4.78 is 0. The van der Waals surface area contributed by atoms with Crippen molar-refractivity contribution in [2.75, 3.05) is 13.1 Å². The molecule has 0 bridgehead atoms. The standard InChI is InChI=1S/C16H27NO/c1-11(2)6-7-17-10-15(18)16-13(4)8-12(3)9-14(16)5/h8-9,11,15,17-18H,6-7,10H2,1-5H3. The molecule has 1 unspecified atom stereocenters. The van der Waals surface area contributed by atoms with E-state index in [0.29, 0.717) is 12.5 Å². The molecule has 0 spiro atoms. The van der Waals surface area contributed by atoms with E-state index in [4.69, 9.17) is 0 Å². The van der Waals surface area contributed by atoms with E-state index in [9.17, 15) is 5.11 Å². The van der Waals surface area contributed by atoms with Gasteiger partial charge in [0.05, 0.1) is 6.10 Å². The third-order valence-corrected chi connectivity index (χ3v) is 3.31. The van der Waals surface area contributed by atoms with Crippen LogP contribution in [0.5, 0.6) is 0 Å². The van der Waals surface area contributed by atoms with Crippen LogP contribution in [0.1, 0.15) is 48.6 Å². The molecular weight excluding hydrogens is 222 g/mol. The van der Waals surface area contributed by atoms with Gasteiger partial charge in [-0.1, -0.05) is 31.5 Å². The fourth-order valence-corrected chi connectivity index (χ4v) is 2.45. The van der Waals surface area contributed by atoms with E-state index in [-0.39, 0.29) is 0 Å². The molecule has 0 amide bonds. The number of rotatable bonds is 6. The molecule has 0 radical (unpaired) electrons. The lowest BCUT2D eigenvalue weighted by atomic mass is 9.95. The second-order valence-electron chi connectivity index (χ2n) is 5.71. The van der Waals surface area contributed by atoms with Crippen molar-refractivity contribution in [1.82, 2.24) is 5.32 Å². The average molecular weight is 249 g/mol. The summed E-state index contributed by atoms with van der Waals surface area (Å²) in [6.07, 6.45) is 0.747. The summed E-state index contributed by atoms with van der Waals surface area (Å²) in [7, 11) is 0. The molecule has 1 rings (SSSR count). The highest BCUT2D eigenvalue weighted by molar-refractivity contribution is 5.39. The Morgan fingerprint density at radius 2 is 1.67 bits per heavy atom. The van der Waals surface area contributed by atoms with Crippen LogP contribution in [0.3, 0.4) is 0 Å². The van der Waals surface area contributed by atoms with Crippen molar-refractivity contribution in [2.45, 2.75) is 47.1 Å². The molecule has 0 aliphatic rings. The van der Waals surface area contributed by atoms with E-state index in [1.165, 1.54) is 16.7 Å². The van der Waals surface area contributed by atoms with Crippen molar-refractivity contribution in [3.8, 4) is 0 Å². The summed E-state index contributed by atoms with van der Waals surface area (Å²) in [5, 5.41) is 13.6. The Morgan fingerprint density at radius 3 is 2.17 bits per heavy atom. The van der Waals surface area contributed by atoms with Gasteiger partial charge >= 0.3 is 0 Å². The molecule has 0 saturated carbocycles. The van der Waals surface area contributed by atoms with Crippen molar-refractivity contribution in [3.05, 3.63) is 34.4 Å². The lowest BCUT2D eigenvalue weighted by Gasteiger charge is -2.18. The molecule has 2 heteroatoms. The monoisotopic (exact) mass is 249 g/mol. The molecule has 2 nitrogen and oxygen atoms in total. The largest absolute Gasteiger partial charge is 0.387 e. The van der Waals surface area contributed by atoms with Crippen molar-refractivity contribution in [3.63, 3.8) is 0 Å². The molecule has 2 N–H and O–H groups in total. The first-order valence-corrected chi connectivity index (χ1v) is 6.88. The lowest BCUT2D eigenvalue weighted by Crippen LogP contribution is -2.24. The molecule has 0 aliphatic carbocycles. The van der Waals surface area contributed by atoms with Gasteiger partial charge in [0.1, 0.15) is 0 Å². The van der Waals surface area contributed by atoms with E-state index < -0.39 is 6.10 Å². The first-order chi connectivity index (χ1) is 8.41. The third-order valence-electron chi connectivity index (χ3n) is 3.31. The van der Waals surface area contributed by atoms with E-state index in [1.807, 2.05) is 0 Å². The quantitative estimate of drug-likeness (QED) is 0.758. The molecule has 0 aromatic heterocycles. The van der Waals surface area contributed by atoms with Crippen molar-refractivity contribution in [2.24, 2.45) is 5.92 Å². The van der Waals surface area contributed by atoms with Crippen LogP contribution in [0.15, 0.2) is 12.1 Å². The zero-order valence-electron chi connectivity index (χ0n) is 12.4. The molecule has 1 aromatic rings. The summed E-state index contributed by atoms with van der Waals surface area (Å²) in [5.41, 5.74) is 4.71. The number of aryl methyl sites for hydroxylation is 3. The number of aliphatic hydroxyl groups excluding tert-OH is 1. The predicted octanol–water partition coefficient (Wildman–Crippen LogP) is 3.28. The second kappa shape index (κ2) is 6.91. The summed E-state index contributed by atoms with van der Waals surface area (Å²) in [5.74, 6) is 0.706. The van der Waals surface area contributed by atoms with Gasteiger partial charge in [0.25, 0.3) is 0 Å².